The first-order chi connectivity index (χ1) is 12.7. The summed E-state index contributed by atoms with van der Waals surface area (Å²) in [7, 11) is 0. The van der Waals surface area contributed by atoms with Crippen molar-refractivity contribution in [2.24, 2.45) is 0 Å². The zero-order valence-corrected chi connectivity index (χ0v) is 14.9. The minimum Gasteiger partial charge on any atom is -0.372 e. The van der Waals surface area contributed by atoms with E-state index in [4.69, 9.17) is 9.47 Å². The number of anilines is 1. The van der Waals surface area contributed by atoms with E-state index in [1.165, 1.54) is 5.56 Å². The van der Waals surface area contributed by atoms with E-state index in [1.807, 2.05) is 23.1 Å². The first-order valence-corrected chi connectivity index (χ1v) is 9.36. The number of carbonyl (C=O) groups excluding carboxylic acids is 2. The average molecular weight is 359 g/mol. The Labute approximate surface area is 153 Å². The number of hydrogen-bond acceptors (Lipinski definition) is 4. The standard InChI is InChI=1S/C19H25N3O4/c23-18(17-3-1-10-26-17)21-6-2-7-22(9-8-21)19(24)20-16-5-4-14-12-25-13-15(14)11-16/h4-5,11,17H,1-3,6-10,12-13H2,(H,20,24)/t17-/m1/s1. The lowest BCUT2D eigenvalue weighted by molar-refractivity contribution is -0.140. The lowest BCUT2D eigenvalue weighted by Crippen LogP contribution is -2.42. The molecule has 0 spiro atoms. The number of benzene rings is 1. The molecule has 2 saturated heterocycles. The van der Waals surface area contributed by atoms with E-state index >= 15 is 0 Å². The van der Waals surface area contributed by atoms with Gasteiger partial charge >= 0.3 is 6.03 Å². The van der Waals surface area contributed by atoms with Gasteiger partial charge in [-0.1, -0.05) is 6.07 Å². The third kappa shape index (κ3) is 3.68. The Hall–Kier alpha value is -2.12. The molecule has 0 saturated carbocycles. The van der Waals surface area contributed by atoms with Crippen molar-refractivity contribution in [3.8, 4) is 0 Å². The SMILES string of the molecule is O=C(Nc1ccc2c(c1)COC2)N1CCCN(C(=O)[C@H]2CCCO2)CC1. The summed E-state index contributed by atoms with van der Waals surface area (Å²) in [6, 6.07) is 5.78. The molecular weight excluding hydrogens is 334 g/mol. The van der Waals surface area contributed by atoms with E-state index in [-0.39, 0.29) is 18.0 Å². The van der Waals surface area contributed by atoms with Crippen LogP contribution in [0.4, 0.5) is 10.5 Å². The van der Waals surface area contributed by atoms with Crippen molar-refractivity contribution >= 4 is 17.6 Å². The molecule has 7 nitrogen and oxygen atoms in total. The highest BCUT2D eigenvalue weighted by molar-refractivity contribution is 5.89. The first kappa shape index (κ1) is 17.3. The van der Waals surface area contributed by atoms with Crippen LogP contribution in [0.2, 0.25) is 0 Å². The fraction of sp³-hybridized carbons (Fsp3) is 0.579. The summed E-state index contributed by atoms with van der Waals surface area (Å²) in [4.78, 5) is 28.7. The third-order valence-corrected chi connectivity index (χ3v) is 5.27. The van der Waals surface area contributed by atoms with Crippen LogP contribution in [0.5, 0.6) is 0 Å². The molecule has 1 atom stereocenters. The van der Waals surface area contributed by atoms with E-state index in [1.54, 1.807) is 4.90 Å². The molecule has 0 unspecified atom stereocenters. The predicted octanol–water partition coefficient (Wildman–Crippen LogP) is 1.96. The van der Waals surface area contributed by atoms with Crippen LogP contribution in [0.15, 0.2) is 18.2 Å². The Bertz CT molecular complexity index is 687. The van der Waals surface area contributed by atoms with Gasteiger partial charge < -0.3 is 24.6 Å². The molecule has 0 aromatic heterocycles. The molecule has 2 fully saturated rings. The zero-order valence-electron chi connectivity index (χ0n) is 14.9. The summed E-state index contributed by atoms with van der Waals surface area (Å²) in [5, 5.41) is 2.97. The topological polar surface area (TPSA) is 71.1 Å². The summed E-state index contributed by atoms with van der Waals surface area (Å²) in [5.74, 6) is 0.0726. The van der Waals surface area contributed by atoms with Gasteiger partial charge in [0.15, 0.2) is 0 Å². The Balaban J connectivity index is 1.33. The highest BCUT2D eigenvalue weighted by Gasteiger charge is 2.30. The van der Waals surface area contributed by atoms with Crippen LogP contribution >= 0.6 is 0 Å². The minimum atomic E-state index is -0.288. The molecule has 4 rings (SSSR count). The van der Waals surface area contributed by atoms with Crippen LogP contribution < -0.4 is 5.32 Å². The second kappa shape index (κ2) is 7.63. The van der Waals surface area contributed by atoms with Crippen molar-refractivity contribution in [2.45, 2.75) is 38.6 Å². The third-order valence-electron chi connectivity index (χ3n) is 5.27. The molecule has 3 heterocycles. The van der Waals surface area contributed by atoms with E-state index in [9.17, 15) is 9.59 Å². The molecule has 1 N–H and O–H groups in total. The Morgan fingerprint density at radius 3 is 2.65 bits per heavy atom. The van der Waals surface area contributed by atoms with Gasteiger partial charge in [-0.25, -0.2) is 4.79 Å². The molecule has 3 aliphatic heterocycles. The van der Waals surface area contributed by atoms with Gasteiger partial charge in [-0.2, -0.15) is 0 Å². The van der Waals surface area contributed by atoms with Crippen molar-refractivity contribution in [2.75, 3.05) is 38.1 Å². The minimum absolute atomic E-state index is 0.0726. The number of nitrogens with one attached hydrogen (secondary N) is 1. The second-order valence-electron chi connectivity index (χ2n) is 7.07. The highest BCUT2D eigenvalue weighted by atomic mass is 16.5. The van der Waals surface area contributed by atoms with Crippen molar-refractivity contribution in [3.63, 3.8) is 0 Å². The monoisotopic (exact) mass is 359 g/mol. The molecule has 7 heteroatoms. The molecule has 0 bridgehead atoms. The van der Waals surface area contributed by atoms with Crippen LogP contribution in [0, 0.1) is 0 Å². The Kier molecular flexibility index (Phi) is 5.08. The molecule has 140 valence electrons. The van der Waals surface area contributed by atoms with E-state index < -0.39 is 0 Å². The number of fused-ring (bicyclic) bond motifs is 1. The van der Waals surface area contributed by atoms with Crippen LogP contribution in [-0.4, -0.2) is 60.6 Å². The lowest BCUT2D eigenvalue weighted by atomic mass is 10.1. The Morgan fingerprint density at radius 1 is 1.00 bits per heavy atom. The van der Waals surface area contributed by atoms with Crippen molar-refractivity contribution < 1.29 is 19.1 Å². The summed E-state index contributed by atoms with van der Waals surface area (Å²) in [6.45, 7) is 4.34. The van der Waals surface area contributed by atoms with Crippen LogP contribution in [0.1, 0.15) is 30.4 Å². The molecule has 1 aromatic carbocycles. The molecular formula is C19H25N3O4. The maximum Gasteiger partial charge on any atom is 0.321 e. The van der Waals surface area contributed by atoms with Crippen molar-refractivity contribution in [3.05, 3.63) is 29.3 Å². The first-order valence-electron chi connectivity index (χ1n) is 9.36. The number of amides is 3. The van der Waals surface area contributed by atoms with Gasteiger partial charge in [-0.15, -0.1) is 0 Å². The lowest BCUT2D eigenvalue weighted by Gasteiger charge is -2.24. The van der Waals surface area contributed by atoms with Gasteiger partial charge in [0, 0.05) is 38.5 Å². The van der Waals surface area contributed by atoms with Crippen LogP contribution in [0.25, 0.3) is 0 Å². The maximum atomic E-state index is 12.6. The maximum absolute atomic E-state index is 12.6. The zero-order chi connectivity index (χ0) is 17.9. The summed E-state index contributed by atoms with van der Waals surface area (Å²) in [5.41, 5.74) is 3.10. The smallest absolute Gasteiger partial charge is 0.321 e. The second-order valence-corrected chi connectivity index (χ2v) is 7.07. The molecule has 0 aliphatic carbocycles. The van der Waals surface area contributed by atoms with Crippen LogP contribution in [-0.2, 0) is 27.5 Å². The number of rotatable bonds is 2. The van der Waals surface area contributed by atoms with Gasteiger partial charge in [-0.3, -0.25) is 4.79 Å². The Morgan fingerprint density at radius 2 is 1.81 bits per heavy atom. The summed E-state index contributed by atoms with van der Waals surface area (Å²) < 4.78 is 10.9. The van der Waals surface area contributed by atoms with E-state index in [0.717, 1.165) is 30.5 Å². The van der Waals surface area contributed by atoms with E-state index in [0.29, 0.717) is 46.0 Å². The molecule has 3 amide bonds. The average Bonchev–Trinajstić information content (AvgIpc) is 3.28. The summed E-state index contributed by atoms with van der Waals surface area (Å²) >= 11 is 0. The van der Waals surface area contributed by atoms with Crippen LogP contribution in [0.3, 0.4) is 0 Å². The van der Waals surface area contributed by atoms with Gasteiger partial charge in [0.1, 0.15) is 6.10 Å². The van der Waals surface area contributed by atoms with Gasteiger partial charge in [0.25, 0.3) is 5.91 Å². The largest absolute Gasteiger partial charge is 0.372 e. The number of hydrogen-bond donors (Lipinski definition) is 1. The fourth-order valence-electron chi connectivity index (χ4n) is 3.77. The summed E-state index contributed by atoms with van der Waals surface area (Å²) in [6.07, 6.45) is 2.25. The molecule has 3 aliphatic rings. The van der Waals surface area contributed by atoms with Gasteiger partial charge in [0.2, 0.25) is 0 Å². The predicted molar refractivity (Wildman–Crippen MR) is 95.7 cm³/mol. The normalized spacial score (nSPS) is 22.8. The molecule has 0 radical (unpaired) electrons. The molecule has 1 aromatic rings. The number of carbonyl (C=O) groups is 2. The quantitative estimate of drug-likeness (QED) is 0.876. The van der Waals surface area contributed by atoms with Gasteiger partial charge in [-0.05, 0) is 42.5 Å². The van der Waals surface area contributed by atoms with Crippen molar-refractivity contribution in [1.82, 2.24) is 9.80 Å². The number of nitrogens with zero attached hydrogens (tertiary/aromatic N) is 2. The number of urea groups is 1. The fourth-order valence-corrected chi connectivity index (χ4v) is 3.77. The highest BCUT2D eigenvalue weighted by Crippen LogP contribution is 2.23. The van der Waals surface area contributed by atoms with Crippen molar-refractivity contribution in [1.29, 1.82) is 0 Å². The molecule has 26 heavy (non-hydrogen) atoms. The van der Waals surface area contributed by atoms with E-state index in [2.05, 4.69) is 5.32 Å². The van der Waals surface area contributed by atoms with Gasteiger partial charge in [0.05, 0.1) is 13.2 Å². The number of ether oxygens (including phenoxy) is 2.